The normalized spacial score (nSPS) is 10.8. The predicted octanol–water partition coefficient (Wildman–Crippen LogP) is 6.58. The summed E-state index contributed by atoms with van der Waals surface area (Å²) < 4.78 is 7.43. The Morgan fingerprint density at radius 2 is 1.61 bits per heavy atom. The second-order valence-electron chi connectivity index (χ2n) is 8.99. The zero-order valence-corrected chi connectivity index (χ0v) is 22.1. The number of thiazole rings is 1. The summed E-state index contributed by atoms with van der Waals surface area (Å²) in [6, 6.07) is 32.0. The molecule has 2 heterocycles. The number of carbonyl (C=O) groups excluding carboxylic acids is 1. The number of benzene rings is 3. The van der Waals surface area contributed by atoms with Gasteiger partial charge in [-0.2, -0.15) is 0 Å². The zero-order valence-electron chi connectivity index (χ0n) is 21.3. The van der Waals surface area contributed by atoms with Crippen molar-refractivity contribution >= 4 is 17.4 Å². The first-order valence-electron chi connectivity index (χ1n) is 12.5. The van der Waals surface area contributed by atoms with Crippen molar-refractivity contribution in [2.24, 2.45) is 0 Å². The number of hydrogen-bond donors (Lipinski definition) is 1. The molecule has 0 fully saturated rings. The molecule has 2 aromatic heterocycles. The summed E-state index contributed by atoms with van der Waals surface area (Å²) in [6.07, 6.45) is 2.05. The van der Waals surface area contributed by atoms with Crippen molar-refractivity contribution in [2.75, 3.05) is 7.11 Å². The number of aromatic nitrogens is 2. The summed E-state index contributed by atoms with van der Waals surface area (Å²) >= 11 is 1.63. The summed E-state index contributed by atoms with van der Waals surface area (Å²) in [4.78, 5) is 20.0. The van der Waals surface area contributed by atoms with E-state index in [1.807, 2.05) is 102 Å². The molecule has 0 unspecified atom stereocenters. The Morgan fingerprint density at radius 3 is 2.32 bits per heavy atom. The first-order chi connectivity index (χ1) is 18.7. The quantitative estimate of drug-likeness (QED) is 0.225. The molecule has 192 valence electrons. The van der Waals surface area contributed by atoms with E-state index in [0.717, 1.165) is 38.8 Å². The van der Waals surface area contributed by atoms with Gasteiger partial charge in [0.15, 0.2) is 0 Å². The van der Waals surface area contributed by atoms with Crippen molar-refractivity contribution in [2.45, 2.75) is 26.2 Å². The fourth-order valence-electron chi connectivity index (χ4n) is 4.25. The summed E-state index contributed by atoms with van der Waals surface area (Å²) in [6.45, 7) is 2.13. The highest BCUT2D eigenvalue weighted by Crippen LogP contribution is 2.26. The van der Waals surface area contributed by atoms with E-state index < -0.39 is 0 Å². The van der Waals surface area contributed by atoms with Gasteiger partial charge in [0.2, 0.25) is 0 Å². The Morgan fingerprint density at radius 1 is 0.895 bits per heavy atom. The molecule has 3 aromatic carbocycles. The molecule has 0 atom stereocenters. The lowest BCUT2D eigenvalue weighted by Crippen LogP contribution is -2.39. The van der Waals surface area contributed by atoms with Crippen molar-refractivity contribution in [1.82, 2.24) is 19.8 Å². The number of methoxy groups -OCH3 is 1. The molecule has 0 radical (unpaired) electrons. The van der Waals surface area contributed by atoms with E-state index in [9.17, 15) is 4.79 Å². The van der Waals surface area contributed by atoms with E-state index in [1.54, 1.807) is 18.4 Å². The zero-order chi connectivity index (χ0) is 26.2. The number of urea groups is 1. The Balaban J connectivity index is 1.30. The highest BCUT2D eigenvalue weighted by molar-refractivity contribution is 7.13. The van der Waals surface area contributed by atoms with Gasteiger partial charge < -0.3 is 19.5 Å². The summed E-state index contributed by atoms with van der Waals surface area (Å²) in [5.74, 6) is 0.829. The molecule has 5 rings (SSSR count). The van der Waals surface area contributed by atoms with Crippen LogP contribution in [0.1, 0.15) is 22.5 Å². The number of carbonyl (C=O) groups is 1. The minimum atomic E-state index is -0.0964. The smallest absolute Gasteiger partial charge is 0.318 e. The second-order valence-corrected chi connectivity index (χ2v) is 9.84. The third-order valence-corrected chi connectivity index (χ3v) is 7.23. The van der Waals surface area contributed by atoms with E-state index in [2.05, 4.69) is 21.3 Å². The largest absolute Gasteiger partial charge is 0.497 e. The van der Waals surface area contributed by atoms with Crippen LogP contribution >= 0.6 is 11.3 Å². The van der Waals surface area contributed by atoms with Crippen LogP contribution in [0.4, 0.5) is 4.79 Å². The van der Waals surface area contributed by atoms with Gasteiger partial charge in [0, 0.05) is 35.9 Å². The van der Waals surface area contributed by atoms with E-state index in [-0.39, 0.29) is 6.03 Å². The van der Waals surface area contributed by atoms with Crippen LogP contribution in [-0.2, 0) is 26.2 Å². The lowest BCUT2D eigenvalue weighted by Gasteiger charge is -2.24. The van der Waals surface area contributed by atoms with Crippen LogP contribution < -0.4 is 10.1 Å². The third kappa shape index (κ3) is 6.49. The second kappa shape index (κ2) is 12.3. The van der Waals surface area contributed by atoms with Crippen LogP contribution in [0, 0.1) is 0 Å². The average molecular weight is 523 g/mol. The topological polar surface area (TPSA) is 59.4 Å². The highest BCUT2D eigenvalue weighted by Gasteiger charge is 2.17. The Bertz CT molecular complexity index is 1450. The lowest BCUT2D eigenvalue weighted by molar-refractivity contribution is 0.190. The molecule has 0 saturated heterocycles. The first kappa shape index (κ1) is 25.3. The van der Waals surface area contributed by atoms with E-state index >= 15 is 0 Å². The number of amides is 2. The maximum atomic E-state index is 13.3. The Kier molecular flexibility index (Phi) is 8.16. The van der Waals surface area contributed by atoms with E-state index in [4.69, 9.17) is 9.72 Å². The molecule has 5 aromatic rings. The molecular formula is C31H30N4O2S. The van der Waals surface area contributed by atoms with Crippen LogP contribution in [-0.4, -0.2) is 27.6 Å². The monoisotopic (exact) mass is 522 g/mol. The van der Waals surface area contributed by atoms with E-state index in [0.29, 0.717) is 26.2 Å². The number of ether oxygens (including phenoxy) is 1. The molecular weight excluding hydrogens is 492 g/mol. The van der Waals surface area contributed by atoms with Crippen molar-refractivity contribution in [1.29, 1.82) is 0 Å². The summed E-state index contributed by atoms with van der Waals surface area (Å²) in [5.41, 5.74) is 5.26. The van der Waals surface area contributed by atoms with Gasteiger partial charge in [-0.1, -0.05) is 60.7 Å². The van der Waals surface area contributed by atoms with E-state index in [1.165, 1.54) is 0 Å². The fourth-order valence-corrected chi connectivity index (χ4v) is 5.07. The van der Waals surface area contributed by atoms with Crippen LogP contribution in [0.3, 0.4) is 0 Å². The number of nitrogens with one attached hydrogen (secondary N) is 1. The van der Waals surface area contributed by atoms with Gasteiger partial charge in [0.05, 0.1) is 25.9 Å². The maximum Gasteiger partial charge on any atom is 0.318 e. The van der Waals surface area contributed by atoms with Gasteiger partial charge in [-0.05, 0) is 47.5 Å². The average Bonchev–Trinajstić information content (AvgIpc) is 3.62. The molecule has 0 aliphatic rings. The van der Waals surface area contributed by atoms with Crippen molar-refractivity contribution in [3.63, 3.8) is 0 Å². The molecule has 0 saturated carbocycles. The van der Waals surface area contributed by atoms with Crippen molar-refractivity contribution in [3.05, 3.63) is 131 Å². The summed E-state index contributed by atoms with van der Waals surface area (Å²) in [5, 5.41) is 6.16. The number of rotatable bonds is 10. The fraction of sp³-hybridized carbons (Fsp3) is 0.161. The molecule has 7 heteroatoms. The highest BCUT2D eigenvalue weighted by atomic mass is 32.1. The molecule has 0 spiro atoms. The molecule has 0 aliphatic heterocycles. The Hall–Kier alpha value is -4.36. The lowest BCUT2D eigenvalue weighted by atomic mass is 10.2. The minimum Gasteiger partial charge on any atom is -0.497 e. The van der Waals surface area contributed by atoms with Gasteiger partial charge in [-0.25, -0.2) is 9.78 Å². The minimum absolute atomic E-state index is 0.0964. The third-order valence-electron chi connectivity index (χ3n) is 6.29. The first-order valence-corrected chi connectivity index (χ1v) is 13.4. The van der Waals surface area contributed by atoms with Gasteiger partial charge in [-0.3, -0.25) is 0 Å². The van der Waals surface area contributed by atoms with Crippen molar-refractivity contribution in [3.8, 4) is 16.3 Å². The molecule has 0 aliphatic carbocycles. The number of nitrogens with zero attached hydrogens (tertiary/aromatic N) is 3. The molecule has 1 N–H and O–H groups in total. The van der Waals surface area contributed by atoms with Crippen LogP contribution in [0.5, 0.6) is 5.75 Å². The van der Waals surface area contributed by atoms with Gasteiger partial charge in [0.1, 0.15) is 10.8 Å². The van der Waals surface area contributed by atoms with Crippen LogP contribution in [0.15, 0.2) is 109 Å². The van der Waals surface area contributed by atoms with Gasteiger partial charge in [0.25, 0.3) is 0 Å². The molecule has 2 amide bonds. The summed E-state index contributed by atoms with van der Waals surface area (Å²) in [7, 11) is 1.67. The molecule has 6 nitrogen and oxygen atoms in total. The molecule has 38 heavy (non-hydrogen) atoms. The van der Waals surface area contributed by atoms with Gasteiger partial charge >= 0.3 is 6.03 Å². The maximum absolute atomic E-state index is 13.3. The molecule has 0 bridgehead atoms. The SMILES string of the molecule is COc1ccc(-c2nc(Cn3cccc3CN(Cc3ccccc3)C(=O)NCc3ccccc3)cs2)cc1. The van der Waals surface area contributed by atoms with Gasteiger partial charge in [-0.15, -0.1) is 11.3 Å². The van der Waals surface area contributed by atoms with Crippen molar-refractivity contribution < 1.29 is 9.53 Å². The standard InChI is InChI=1S/C31H30N4O2S/c1-37-29-16-14-26(15-17-29)30-33-27(23-38-30)21-34-18-8-13-28(34)22-35(20-25-11-6-3-7-12-25)31(36)32-19-24-9-4-2-5-10-24/h2-18,23H,19-22H2,1H3,(H,32,36). The van der Waals surface area contributed by atoms with Crippen LogP contribution in [0.25, 0.3) is 10.6 Å². The van der Waals surface area contributed by atoms with Crippen LogP contribution in [0.2, 0.25) is 0 Å². The Labute approximate surface area is 227 Å². The number of hydrogen-bond acceptors (Lipinski definition) is 4. The predicted molar refractivity (Wildman–Crippen MR) is 152 cm³/mol.